The number of nitrogens with zero attached hydrogens (tertiary/aromatic N) is 1. The van der Waals surface area contributed by atoms with Gasteiger partial charge in [-0.3, -0.25) is 9.59 Å². The average molecular weight is 588 g/mol. The monoisotopic (exact) mass is 587 g/mol. The Morgan fingerprint density at radius 2 is 1.53 bits per heavy atom. The highest BCUT2D eigenvalue weighted by Crippen LogP contribution is 2.27. The molecule has 43 heavy (non-hydrogen) atoms. The standard InChI is InChI=1S/C35H45N3O5/c1-7-8-12-23-38(33(40)30(24-26-13-10-9-11-14-26)37-34(41)43-35(3,4)5)31(27-17-15-25(2)16-18-27)32(39)36-28-19-21-29(42-6)22-20-28/h9-11,13-22,30-31H,7-8,12,23-24H2,1-6H3,(H,36,39)(H,37,41). The molecule has 0 aliphatic carbocycles. The molecule has 0 aliphatic rings. The summed E-state index contributed by atoms with van der Waals surface area (Å²) in [5.74, 6) is -0.0442. The second kappa shape index (κ2) is 15.8. The number of methoxy groups -OCH3 is 1. The van der Waals surface area contributed by atoms with Gasteiger partial charge >= 0.3 is 6.09 Å². The first-order valence-electron chi connectivity index (χ1n) is 14.9. The predicted molar refractivity (Wildman–Crippen MR) is 170 cm³/mol. The van der Waals surface area contributed by atoms with Gasteiger partial charge in [0.15, 0.2) is 0 Å². The summed E-state index contributed by atoms with van der Waals surface area (Å²) in [6.07, 6.45) is 2.07. The van der Waals surface area contributed by atoms with E-state index in [9.17, 15) is 14.4 Å². The highest BCUT2D eigenvalue weighted by Gasteiger charge is 2.36. The van der Waals surface area contributed by atoms with Gasteiger partial charge in [-0.15, -0.1) is 0 Å². The van der Waals surface area contributed by atoms with E-state index in [4.69, 9.17) is 9.47 Å². The molecule has 0 radical (unpaired) electrons. The molecule has 8 nitrogen and oxygen atoms in total. The molecule has 0 saturated heterocycles. The Morgan fingerprint density at radius 3 is 2.12 bits per heavy atom. The Labute approximate surface area is 255 Å². The summed E-state index contributed by atoms with van der Waals surface area (Å²) >= 11 is 0. The largest absolute Gasteiger partial charge is 0.497 e. The lowest BCUT2D eigenvalue weighted by Gasteiger charge is -2.34. The zero-order valence-corrected chi connectivity index (χ0v) is 26.2. The lowest BCUT2D eigenvalue weighted by atomic mass is 9.99. The maximum atomic E-state index is 14.5. The number of amides is 3. The molecule has 8 heteroatoms. The first kappa shape index (κ1) is 33.2. The molecule has 230 valence electrons. The summed E-state index contributed by atoms with van der Waals surface area (Å²) in [6, 6.07) is 22.3. The molecule has 3 aromatic carbocycles. The van der Waals surface area contributed by atoms with Gasteiger partial charge in [0.25, 0.3) is 5.91 Å². The van der Waals surface area contributed by atoms with Gasteiger partial charge in [0.2, 0.25) is 5.91 Å². The molecule has 3 amide bonds. The topological polar surface area (TPSA) is 97.0 Å². The molecule has 0 spiro atoms. The van der Waals surface area contributed by atoms with Crippen molar-refractivity contribution in [3.05, 3.63) is 95.6 Å². The Bertz CT molecular complexity index is 1320. The van der Waals surface area contributed by atoms with Crippen LogP contribution in [-0.4, -0.2) is 48.1 Å². The van der Waals surface area contributed by atoms with Crippen molar-refractivity contribution in [2.75, 3.05) is 19.0 Å². The summed E-state index contributed by atoms with van der Waals surface area (Å²) in [6.45, 7) is 9.71. The molecule has 0 bridgehead atoms. The minimum absolute atomic E-state index is 0.240. The van der Waals surface area contributed by atoms with E-state index in [0.29, 0.717) is 30.0 Å². The Kier molecular flexibility index (Phi) is 12.2. The van der Waals surface area contributed by atoms with Crippen molar-refractivity contribution in [1.82, 2.24) is 10.2 Å². The highest BCUT2D eigenvalue weighted by atomic mass is 16.6. The number of benzene rings is 3. The number of ether oxygens (including phenoxy) is 2. The van der Waals surface area contributed by atoms with Crippen LogP contribution in [-0.2, 0) is 20.7 Å². The number of hydrogen-bond donors (Lipinski definition) is 2. The van der Waals surface area contributed by atoms with Crippen LogP contribution in [0.25, 0.3) is 0 Å². The highest BCUT2D eigenvalue weighted by molar-refractivity contribution is 5.99. The first-order valence-corrected chi connectivity index (χ1v) is 14.9. The SMILES string of the molecule is CCCCCN(C(=O)C(Cc1ccccc1)NC(=O)OC(C)(C)C)C(C(=O)Nc1ccc(OC)cc1)c1ccc(C)cc1. The van der Waals surface area contributed by atoms with Gasteiger partial charge in [0.05, 0.1) is 7.11 Å². The van der Waals surface area contributed by atoms with E-state index in [1.54, 1.807) is 57.0 Å². The number of aryl methyl sites for hydroxylation is 1. The molecule has 0 fully saturated rings. The summed E-state index contributed by atoms with van der Waals surface area (Å²) in [5.41, 5.74) is 2.43. The second-order valence-electron chi connectivity index (χ2n) is 11.7. The van der Waals surface area contributed by atoms with E-state index < -0.39 is 23.8 Å². The van der Waals surface area contributed by atoms with Crippen LogP contribution in [0.4, 0.5) is 10.5 Å². The van der Waals surface area contributed by atoms with Gasteiger partial charge < -0.3 is 25.0 Å². The molecule has 3 rings (SSSR count). The zero-order chi connectivity index (χ0) is 31.4. The van der Waals surface area contributed by atoms with Crippen LogP contribution in [0.3, 0.4) is 0 Å². The maximum absolute atomic E-state index is 14.5. The Morgan fingerprint density at radius 1 is 0.884 bits per heavy atom. The molecule has 2 unspecified atom stereocenters. The van der Waals surface area contributed by atoms with Crippen LogP contribution >= 0.6 is 0 Å². The van der Waals surface area contributed by atoms with Crippen LogP contribution < -0.4 is 15.4 Å². The molecular weight excluding hydrogens is 542 g/mol. The average Bonchev–Trinajstić information content (AvgIpc) is 2.97. The van der Waals surface area contributed by atoms with Crippen LogP contribution in [0.2, 0.25) is 0 Å². The third kappa shape index (κ3) is 10.5. The number of nitrogens with one attached hydrogen (secondary N) is 2. The Balaban J connectivity index is 2.04. The molecule has 0 aromatic heterocycles. The van der Waals surface area contributed by atoms with E-state index in [2.05, 4.69) is 17.6 Å². The minimum Gasteiger partial charge on any atom is -0.497 e. The summed E-state index contributed by atoms with van der Waals surface area (Å²) in [5, 5.41) is 5.80. The lowest BCUT2D eigenvalue weighted by molar-refractivity contribution is -0.140. The predicted octanol–water partition coefficient (Wildman–Crippen LogP) is 6.84. The van der Waals surface area contributed by atoms with Crippen molar-refractivity contribution in [2.45, 2.75) is 78.0 Å². The second-order valence-corrected chi connectivity index (χ2v) is 11.7. The van der Waals surface area contributed by atoms with E-state index in [1.165, 1.54) is 0 Å². The fraction of sp³-hybridized carbons (Fsp3) is 0.400. The van der Waals surface area contributed by atoms with E-state index in [0.717, 1.165) is 24.0 Å². The van der Waals surface area contributed by atoms with Crippen LogP contribution in [0.1, 0.15) is 69.7 Å². The fourth-order valence-electron chi connectivity index (χ4n) is 4.71. The smallest absolute Gasteiger partial charge is 0.408 e. The molecule has 2 N–H and O–H groups in total. The van der Waals surface area contributed by atoms with Crippen LogP contribution in [0.5, 0.6) is 5.75 Å². The minimum atomic E-state index is -0.958. The molecule has 0 saturated carbocycles. The van der Waals surface area contributed by atoms with Crippen molar-refractivity contribution in [2.24, 2.45) is 0 Å². The molecule has 0 aliphatic heterocycles. The molecule has 2 atom stereocenters. The van der Waals surface area contributed by atoms with Gasteiger partial charge in [-0.05, 0) is 69.5 Å². The number of carbonyl (C=O) groups is 3. The van der Waals surface area contributed by atoms with Gasteiger partial charge in [0, 0.05) is 18.7 Å². The number of anilines is 1. The fourth-order valence-corrected chi connectivity index (χ4v) is 4.71. The van der Waals surface area contributed by atoms with Crippen molar-refractivity contribution in [3.8, 4) is 5.75 Å². The Hall–Kier alpha value is -4.33. The van der Waals surface area contributed by atoms with Crippen molar-refractivity contribution in [3.63, 3.8) is 0 Å². The molecular formula is C35H45N3O5. The normalized spacial score (nSPS) is 12.5. The number of unbranched alkanes of at least 4 members (excludes halogenated alkanes) is 2. The first-order chi connectivity index (χ1) is 20.5. The summed E-state index contributed by atoms with van der Waals surface area (Å²) < 4.78 is 10.8. The van der Waals surface area contributed by atoms with E-state index in [-0.39, 0.29) is 18.2 Å². The van der Waals surface area contributed by atoms with Gasteiger partial charge in [-0.25, -0.2) is 4.79 Å². The van der Waals surface area contributed by atoms with Gasteiger partial charge in [-0.2, -0.15) is 0 Å². The number of rotatable bonds is 13. The zero-order valence-electron chi connectivity index (χ0n) is 26.2. The number of carbonyl (C=O) groups excluding carboxylic acids is 3. The summed E-state index contributed by atoms with van der Waals surface area (Å²) in [7, 11) is 1.58. The molecule has 3 aromatic rings. The van der Waals surface area contributed by atoms with Crippen molar-refractivity contribution < 1.29 is 23.9 Å². The maximum Gasteiger partial charge on any atom is 0.408 e. The number of hydrogen-bond acceptors (Lipinski definition) is 5. The third-order valence-electron chi connectivity index (χ3n) is 6.87. The van der Waals surface area contributed by atoms with Gasteiger partial charge in [0.1, 0.15) is 23.4 Å². The van der Waals surface area contributed by atoms with Gasteiger partial charge in [-0.1, -0.05) is 79.9 Å². The molecule has 0 heterocycles. The van der Waals surface area contributed by atoms with Crippen molar-refractivity contribution in [1.29, 1.82) is 0 Å². The number of alkyl carbamates (subject to hydrolysis) is 1. The quantitative estimate of drug-likeness (QED) is 0.214. The van der Waals surface area contributed by atoms with E-state index >= 15 is 0 Å². The third-order valence-corrected chi connectivity index (χ3v) is 6.87. The van der Waals surface area contributed by atoms with Crippen LogP contribution in [0.15, 0.2) is 78.9 Å². The lowest BCUT2D eigenvalue weighted by Crippen LogP contribution is -2.53. The van der Waals surface area contributed by atoms with Crippen LogP contribution in [0, 0.1) is 6.92 Å². The van der Waals surface area contributed by atoms with E-state index in [1.807, 2.05) is 61.5 Å². The van der Waals surface area contributed by atoms with Crippen molar-refractivity contribution >= 4 is 23.6 Å². The summed E-state index contributed by atoms with van der Waals surface area (Å²) in [4.78, 5) is 43.2.